The molecule has 172 valence electrons. The summed E-state index contributed by atoms with van der Waals surface area (Å²) < 4.78 is 13.6. The van der Waals surface area contributed by atoms with Crippen LogP contribution in [0.4, 0.5) is 5.82 Å². The van der Waals surface area contributed by atoms with E-state index < -0.39 is 0 Å². The average molecular weight is 456 g/mol. The SMILES string of the molecule is C=CC(=O)N1C[C@@H]2[C@@H](C#Cc3c(-c4cccc5c4OCO5)c4c(N)ncnc4n3C(C)C)[C@@H]2C1. The van der Waals surface area contributed by atoms with E-state index in [4.69, 9.17) is 15.2 Å². The molecule has 4 heterocycles. The number of rotatable bonds is 3. The van der Waals surface area contributed by atoms with Crippen molar-refractivity contribution in [1.29, 1.82) is 0 Å². The molecular formula is C26H25N5O3. The van der Waals surface area contributed by atoms with Crippen molar-refractivity contribution in [2.45, 2.75) is 19.9 Å². The van der Waals surface area contributed by atoms with E-state index in [2.05, 4.69) is 46.8 Å². The fraction of sp³-hybridized carbons (Fsp3) is 0.346. The number of amides is 1. The molecule has 2 aromatic heterocycles. The highest BCUT2D eigenvalue weighted by Crippen LogP contribution is 2.52. The molecule has 8 heteroatoms. The fourth-order valence-corrected chi connectivity index (χ4v) is 5.37. The van der Waals surface area contributed by atoms with Gasteiger partial charge in [-0.1, -0.05) is 24.6 Å². The van der Waals surface area contributed by atoms with Crippen molar-refractivity contribution in [2.24, 2.45) is 17.8 Å². The summed E-state index contributed by atoms with van der Waals surface area (Å²) in [6.45, 7) is 9.46. The number of nitrogens with zero attached hydrogens (tertiary/aromatic N) is 4. The first-order valence-corrected chi connectivity index (χ1v) is 11.5. The third kappa shape index (κ3) is 2.97. The quantitative estimate of drug-likeness (QED) is 0.481. The van der Waals surface area contributed by atoms with Crippen LogP contribution in [0.1, 0.15) is 25.6 Å². The van der Waals surface area contributed by atoms with Crippen LogP contribution >= 0.6 is 0 Å². The van der Waals surface area contributed by atoms with Gasteiger partial charge in [0.1, 0.15) is 23.5 Å². The van der Waals surface area contributed by atoms with E-state index >= 15 is 0 Å². The van der Waals surface area contributed by atoms with E-state index in [9.17, 15) is 4.79 Å². The van der Waals surface area contributed by atoms with Crippen molar-refractivity contribution in [3.63, 3.8) is 0 Å². The van der Waals surface area contributed by atoms with Crippen molar-refractivity contribution in [3.05, 3.63) is 42.9 Å². The van der Waals surface area contributed by atoms with E-state index in [-0.39, 0.29) is 24.7 Å². The Bertz CT molecular complexity index is 1400. The zero-order chi connectivity index (χ0) is 23.6. The molecule has 0 bridgehead atoms. The van der Waals surface area contributed by atoms with E-state index in [0.717, 1.165) is 40.9 Å². The Hall–Kier alpha value is -3.99. The second-order valence-corrected chi connectivity index (χ2v) is 9.25. The van der Waals surface area contributed by atoms with Crippen molar-refractivity contribution < 1.29 is 14.3 Å². The lowest BCUT2D eigenvalue weighted by atomic mass is 10.0. The molecule has 1 amide bonds. The van der Waals surface area contributed by atoms with Crippen molar-refractivity contribution in [3.8, 4) is 34.5 Å². The second kappa shape index (κ2) is 7.52. The summed E-state index contributed by atoms with van der Waals surface area (Å²) in [6, 6.07) is 5.92. The van der Waals surface area contributed by atoms with Gasteiger partial charge in [0.15, 0.2) is 11.5 Å². The highest BCUT2D eigenvalue weighted by Gasteiger charge is 2.55. The molecule has 0 spiro atoms. The highest BCUT2D eigenvalue weighted by atomic mass is 16.7. The van der Waals surface area contributed by atoms with Crippen LogP contribution in [0, 0.1) is 29.6 Å². The van der Waals surface area contributed by atoms with Gasteiger partial charge in [0, 0.05) is 36.2 Å². The molecule has 0 unspecified atom stereocenters. The smallest absolute Gasteiger partial charge is 0.245 e. The number of likely N-dealkylation sites (tertiary alicyclic amines) is 1. The second-order valence-electron chi connectivity index (χ2n) is 9.25. The van der Waals surface area contributed by atoms with Gasteiger partial charge in [-0.25, -0.2) is 9.97 Å². The standard InChI is InChI=1S/C26H25N5O3/c1-4-21(32)30-10-17-15(18(17)11-30)8-9-19-22(16-6-5-7-20-24(16)34-13-33-20)23-25(27)28-12-29-26(23)31(19)14(2)3/h4-7,12,14-15,17-18H,1,10-11,13H2,2-3H3,(H2,27,28,29)/t15-,17-,18+. The molecule has 6 rings (SSSR count). The van der Waals surface area contributed by atoms with Gasteiger partial charge in [0.25, 0.3) is 0 Å². The largest absolute Gasteiger partial charge is 0.454 e. The number of benzene rings is 1. The minimum Gasteiger partial charge on any atom is -0.454 e. The van der Waals surface area contributed by atoms with Gasteiger partial charge < -0.3 is 24.7 Å². The maximum atomic E-state index is 11.9. The number of carbonyl (C=O) groups is 1. The Labute approximate surface area is 197 Å². The summed E-state index contributed by atoms with van der Waals surface area (Å²) in [5, 5.41) is 0.767. The Morgan fingerprint density at radius 1 is 1.26 bits per heavy atom. The fourth-order valence-electron chi connectivity index (χ4n) is 5.37. The zero-order valence-corrected chi connectivity index (χ0v) is 19.1. The number of hydrogen-bond donors (Lipinski definition) is 1. The maximum Gasteiger partial charge on any atom is 0.245 e. The summed E-state index contributed by atoms with van der Waals surface area (Å²) in [5.41, 5.74) is 9.71. The number of carbonyl (C=O) groups excluding carboxylic acids is 1. The zero-order valence-electron chi connectivity index (χ0n) is 19.1. The van der Waals surface area contributed by atoms with Gasteiger partial charge in [0.2, 0.25) is 12.7 Å². The molecule has 0 radical (unpaired) electrons. The average Bonchev–Trinajstić information content (AvgIpc) is 3.26. The molecule has 2 N–H and O–H groups in total. The van der Waals surface area contributed by atoms with Crippen molar-refractivity contribution in [2.75, 3.05) is 25.6 Å². The van der Waals surface area contributed by atoms with Gasteiger partial charge in [-0.3, -0.25) is 4.79 Å². The third-order valence-electron chi connectivity index (χ3n) is 7.03. The van der Waals surface area contributed by atoms with Crippen LogP contribution in [0.15, 0.2) is 37.2 Å². The van der Waals surface area contributed by atoms with Crippen LogP contribution in [0.5, 0.6) is 11.5 Å². The van der Waals surface area contributed by atoms with Crippen molar-refractivity contribution >= 4 is 22.8 Å². The van der Waals surface area contributed by atoms with Crippen LogP contribution in [0.25, 0.3) is 22.2 Å². The predicted molar refractivity (Wildman–Crippen MR) is 128 cm³/mol. The van der Waals surface area contributed by atoms with Crippen molar-refractivity contribution in [1.82, 2.24) is 19.4 Å². The Morgan fingerprint density at radius 3 is 2.79 bits per heavy atom. The minimum atomic E-state index is -0.00432. The first-order valence-electron chi connectivity index (χ1n) is 11.5. The number of ether oxygens (including phenoxy) is 2. The van der Waals surface area contributed by atoms with E-state index in [0.29, 0.717) is 29.2 Å². The minimum absolute atomic E-state index is 0.00432. The summed E-state index contributed by atoms with van der Waals surface area (Å²) in [6.07, 6.45) is 2.87. The summed E-state index contributed by atoms with van der Waals surface area (Å²) in [4.78, 5) is 22.6. The number of aromatic nitrogens is 3. The van der Waals surface area contributed by atoms with Gasteiger partial charge >= 0.3 is 0 Å². The van der Waals surface area contributed by atoms with Crippen LogP contribution < -0.4 is 15.2 Å². The van der Waals surface area contributed by atoms with Crippen LogP contribution in [0.3, 0.4) is 0 Å². The summed E-state index contributed by atoms with van der Waals surface area (Å²) >= 11 is 0. The summed E-state index contributed by atoms with van der Waals surface area (Å²) in [7, 11) is 0. The molecule has 1 aromatic carbocycles. The Kier molecular flexibility index (Phi) is 4.56. The van der Waals surface area contributed by atoms with Crippen LogP contribution in [-0.4, -0.2) is 45.2 Å². The molecule has 1 saturated carbocycles. The number of anilines is 1. The third-order valence-corrected chi connectivity index (χ3v) is 7.03. The highest BCUT2D eigenvalue weighted by molar-refractivity contribution is 6.05. The molecule has 2 fully saturated rings. The topological polar surface area (TPSA) is 95.5 Å². The van der Waals surface area contributed by atoms with Gasteiger partial charge in [0.05, 0.1) is 5.39 Å². The normalized spacial score (nSPS) is 22.0. The lowest BCUT2D eigenvalue weighted by molar-refractivity contribution is -0.125. The molecule has 3 aromatic rings. The number of nitrogens with two attached hydrogens (primary N) is 1. The molecule has 8 nitrogen and oxygen atoms in total. The number of piperidine rings is 1. The number of fused-ring (bicyclic) bond motifs is 3. The Balaban J connectivity index is 1.49. The lowest BCUT2D eigenvalue weighted by Gasteiger charge is -2.16. The first kappa shape index (κ1) is 20.6. The lowest BCUT2D eigenvalue weighted by Crippen LogP contribution is -2.29. The van der Waals surface area contributed by atoms with E-state index in [1.165, 1.54) is 12.4 Å². The number of hydrogen-bond acceptors (Lipinski definition) is 6. The van der Waals surface area contributed by atoms with Gasteiger partial charge in [-0.05, 0) is 43.7 Å². The van der Waals surface area contributed by atoms with Crippen LogP contribution in [0.2, 0.25) is 0 Å². The monoisotopic (exact) mass is 455 g/mol. The van der Waals surface area contributed by atoms with Crippen LogP contribution in [-0.2, 0) is 4.79 Å². The summed E-state index contributed by atoms with van der Waals surface area (Å²) in [5.74, 6) is 9.87. The molecule has 3 atom stereocenters. The predicted octanol–water partition coefficient (Wildman–Crippen LogP) is 3.23. The molecular weight excluding hydrogens is 430 g/mol. The number of para-hydroxylation sites is 1. The van der Waals surface area contributed by atoms with E-state index in [1.807, 2.05) is 23.1 Å². The first-order chi connectivity index (χ1) is 16.5. The van der Waals surface area contributed by atoms with E-state index in [1.54, 1.807) is 0 Å². The van der Waals surface area contributed by atoms with Gasteiger partial charge in [-0.15, -0.1) is 0 Å². The molecule has 1 saturated heterocycles. The molecule has 34 heavy (non-hydrogen) atoms. The Morgan fingerprint density at radius 2 is 2.06 bits per heavy atom. The maximum absolute atomic E-state index is 11.9. The molecule has 3 aliphatic rings. The molecule has 1 aliphatic carbocycles. The van der Waals surface area contributed by atoms with Gasteiger partial charge in [-0.2, -0.15) is 0 Å². The molecule has 2 aliphatic heterocycles. The number of nitrogen functional groups attached to an aromatic ring is 1.